The van der Waals surface area contributed by atoms with Crippen molar-refractivity contribution in [3.63, 3.8) is 0 Å². The van der Waals surface area contributed by atoms with E-state index in [0.717, 1.165) is 22.3 Å². The van der Waals surface area contributed by atoms with E-state index in [9.17, 15) is 4.39 Å². The lowest BCUT2D eigenvalue weighted by Gasteiger charge is -2.15. The minimum atomic E-state index is -0.225. The fraction of sp³-hybridized carbons (Fsp3) is 0.438. The molecule has 0 atom stereocenters. The number of aromatic nitrogens is 1. The van der Waals surface area contributed by atoms with Gasteiger partial charge in [0, 0.05) is 29.7 Å². The summed E-state index contributed by atoms with van der Waals surface area (Å²) in [6, 6.07) is 5.43. The second-order valence-corrected chi connectivity index (χ2v) is 5.41. The van der Waals surface area contributed by atoms with Gasteiger partial charge in [0.1, 0.15) is 11.3 Å². The predicted molar refractivity (Wildman–Crippen MR) is 77.2 cm³/mol. The molecule has 0 bridgehead atoms. The Bertz CT molecular complexity index is 616. The third-order valence-corrected chi connectivity index (χ3v) is 4.18. The summed E-state index contributed by atoms with van der Waals surface area (Å²) in [5.74, 6) is 0.272. The highest BCUT2D eigenvalue weighted by molar-refractivity contribution is 5.94. The second kappa shape index (κ2) is 4.80. The van der Waals surface area contributed by atoms with Gasteiger partial charge in [-0.15, -0.1) is 0 Å². The minimum Gasteiger partial charge on any atom is -0.388 e. The number of rotatable bonds is 2. The smallest absolute Gasteiger partial charge is 0.149 e. The Kier molecular flexibility index (Phi) is 3.13. The van der Waals surface area contributed by atoms with E-state index in [1.54, 1.807) is 0 Å². The molecule has 100 valence electrons. The van der Waals surface area contributed by atoms with Gasteiger partial charge in [0.25, 0.3) is 0 Å². The number of aryl methyl sites for hydroxylation is 1. The van der Waals surface area contributed by atoms with Crippen LogP contribution in [0.1, 0.15) is 42.9 Å². The number of hydrogen-bond acceptors (Lipinski definition) is 2. The normalized spacial score (nSPS) is 16.2. The van der Waals surface area contributed by atoms with Crippen molar-refractivity contribution in [1.29, 1.82) is 0 Å². The third kappa shape index (κ3) is 2.07. The fourth-order valence-corrected chi connectivity index (χ4v) is 3.13. The minimum absolute atomic E-state index is 0.225. The van der Waals surface area contributed by atoms with E-state index in [2.05, 4.69) is 16.4 Å². The molecule has 19 heavy (non-hydrogen) atoms. The Morgan fingerprint density at radius 2 is 2.00 bits per heavy atom. The maximum absolute atomic E-state index is 14.1. The van der Waals surface area contributed by atoms with E-state index < -0.39 is 0 Å². The van der Waals surface area contributed by atoms with Crippen molar-refractivity contribution in [2.24, 2.45) is 0 Å². The molecule has 2 nitrogen and oxygen atoms in total. The zero-order chi connectivity index (χ0) is 13.4. The van der Waals surface area contributed by atoms with Crippen LogP contribution in [0.5, 0.6) is 0 Å². The third-order valence-electron chi connectivity index (χ3n) is 4.18. The van der Waals surface area contributed by atoms with E-state index in [0.29, 0.717) is 11.4 Å². The van der Waals surface area contributed by atoms with Gasteiger partial charge in [0.2, 0.25) is 0 Å². The number of nitrogens with zero attached hydrogens (tertiary/aromatic N) is 1. The van der Waals surface area contributed by atoms with Gasteiger partial charge in [-0.3, -0.25) is 0 Å². The van der Waals surface area contributed by atoms with Crippen molar-refractivity contribution in [2.75, 3.05) is 12.4 Å². The lowest BCUT2D eigenvalue weighted by atomic mass is 9.99. The highest BCUT2D eigenvalue weighted by atomic mass is 19.1. The van der Waals surface area contributed by atoms with Gasteiger partial charge in [-0.25, -0.2) is 9.37 Å². The topological polar surface area (TPSA) is 24.9 Å². The number of halogens is 1. The average molecular weight is 258 g/mol. The largest absolute Gasteiger partial charge is 0.388 e. The van der Waals surface area contributed by atoms with E-state index >= 15 is 0 Å². The van der Waals surface area contributed by atoms with Crippen molar-refractivity contribution < 1.29 is 4.39 Å². The summed E-state index contributed by atoms with van der Waals surface area (Å²) < 4.78 is 14.1. The Balaban J connectivity index is 2.24. The fourth-order valence-electron chi connectivity index (χ4n) is 3.13. The van der Waals surface area contributed by atoms with Crippen molar-refractivity contribution in [3.05, 3.63) is 35.3 Å². The molecule has 1 aliphatic rings. The highest BCUT2D eigenvalue weighted by Crippen LogP contribution is 2.37. The number of benzene rings is 1. The summed E-state index contributed by atoms with van der Waals surface area (Å²) >= 11 is 0. The molecule has 0 aliphatic heterocycles. The lowest BCUT2D eigenvalue weighted by Crippen LogP contribution is -2.02. The van der Waals surface area contributed by atoms with Crippen LogP contribution < -0.4 is 5.32 Å². The van der Waals surface area contributed by atoms with Crippen LogP contribution in [0.25, 0.3) is 10.9 Å². The monoisotopic (exact) mass is 258 g/mol. The van der Waals surface area contributed by atoms with Gasteiger partial charge in [0.15, 0.2) is 0 Å². The van der Waals surface area contributed by atoms with Crippen molar-refractivity contribution in [1.82, 2.24) is 4.98 Å². The Morgan fingerprint density at radius 3 is 2.68 bits per heavy atom. The average Bonchev–Trinajstić information content (AvgIpc) is 2.96. The predicted octanol–water partition coefficient (Wildman–Crippen LogP) is 4.38. The van der Waals surface area contributed by atoms with E-state index in [1.807, 2.05) is 20.0 Å². The molecule has 3 heteroatoms. The SMILES string of the molecule is CNc1cc(C2CCCC2)nc2c(F)ccc(C)c12. The van der Waals surface area contributed by atoms with Crippen LogP contribution in [-0.2, 0) is 0 Å². The Hall–Kier alpha value is -1.64. The molecule has 0 saturated heterocycles. The van der Waals surface area contributed by atoms with Gasteiger partial charge in [-0.2, -0.15) is 0 Å². The number of fused-ring (bicyclic) bond motifs is 1. The maximum Gasteiger partial charge on any atom is 0.149 e. The molecule has 1 N–H and O–H groups in total. The molecule has 1 aromatic heterocycles. The van der Waals surface area contributed by atoms with Crippen LogP contribution in [0.4, 0.5) is 10.1 Å². The molecule has 0 spiro atoms. The number of nitrogens with one attached hydrogen (secondary N) is 1. The van der Waals surface area contributed by atoms with Gasteiger partial charge in [0.05, 0.1) is 0 Å². The summed E-state index contributed by atoms with van der Waals surface area (Å²) in [4.78, 5) is 4.61. The van der Waals surface area contributed by atoms with Gasteiger partial charge in [-0.1, -0.05) is 18.9 Å². The van der Waals surface area contributed by atoms with Gasteiger partial charge in [-0.05, 0) is 37.5 Å². The zero-order valence-electron chi connectivity index (χ0n) is 11.5. The first-order valence-corrected chi connectivity index (χ1v) is 6.98. The van der Waals surface area contributed by atoms with Crippen molar-refractivity contribution >= 4 is 16.6 Å². The molecule has 1 heterocycles. The zero-order valence-corrected chi connectivity index (χ0v) is 11.5. The molecule has 1 aliphatic carbocycles. The standard InChI is InChI=1S/C16H19FN2/c1-10-7-8-12(17)16-15(10)14(18-2)9-13(19-16)11-5-3-4-6-11/h7-9,11H,3-6H2,1-2H3,(H,18,19). The molecule has 0 amide bonds. The molecule has 3 rings (SSSR count). The van der Waals surface area contributed by atoms with Crippen LogP contribution in [-0.4, -0.2) is 12.0 Å². The van der Waals surface area contributed by atoms with Crippen LogP contribution in [0.2, 0.25) is 0 Å². The molecule has 1 saturated carbocycles. The van der Waals surface area contributed by atoms with Crippen LogP contribution in [0, 0.1) is 12.7 Å². The number of anilines is 1. The summed E-state index contributed by atoms with van der Waals surface area (Å²) in [6.07, 6.45) is 4.87. The molecular formula is C16H19FN2. The highest BCUT2D eigenvalue weighted by Gasteiger charge is 2.21. The molecule has 0 radical (unpaired) electrons. The first kappa shape index (κ1) is 12.4. The van der Waals surface area contributed by atoms with Crippen LogP contribution in [0.15, 0.2) is 18.2 Å². The van der Waals surface area contributed by atoms with Crippen molar-refractivity contribution in [3.8, 4) is 0 Å². The van der Waals surface area contributed by atoms with E-state index in [4.69, 9.17) is 0 Å². The quantitative estimate of drug-likeness (QED) is 0.864. The second-order valence-electron chi connectivity index (χ2n) is 5.41. The van der Waals surface area contributed by atoms with Gasteiger partial charge < -0.3 is 5.32 Å². The summed E-state index contributed by atoms with van der Waals surface area (Å²) in [5, 5.41) is 4.10. The summed E-state index contributed by atoms with van der Waals surface area (Å²) in [6.45, 7) is 2.00. The lowest BCUT2D eigenvalue weighted by molar-refractivity contribution is 0.633. The molecule has 1 fully saturated rings. The number of hydrogen-bond donors (Lipinski definition) is 1. The molecular weight excluding hydrogens is 239 g/mol. The Morgan fingerprint density at radius 1 is 1.26 bits per heavy atom. The van der Waals surface area contributed by atoms with Crippen LogP contribution in [0.3, 0.4) is 0 Å². The molecule has 0 unspecified atom stereocenters. The maximum atomic E-state index is 14.1. The van der Waals surface area contributed by atoms with E-state index in [-0.39, 0.29) is 5.82 Å². The van der Waals surface area contributed by atoms with Gasteiger partial charge >= 0.3 is 0 Å². The van der Waals surface area contributed by atoms with Crippen molar-refractivity contribution in [2.45, 2.75) is 38.5 Å². The Labute approximate surface area is 113 Å². The summed E-state index contributed by atoms with van der Waals surface area (Å²) in [7, 11) is 1.89. The molecule has 1 aromatic carbocycles. The summed E-state index contributed by atoms with van der Waals surface area (Å²) in [5.41, 5.74) is 3.60. The molecule has 2 aromatic rings. The van der Waals surface area contributed by atoms with E-state index in [1.165, 1.54) is 31.7 Å². The number of pyridine rings is 1. The first-order valence-electron chi connectivity index (χ1n) is 6.98. The van der Waals surface area contributed by atoms with Crippen LogP contribution >= 0.6 is 0 Å². The first-order chi connectivity index (χ1) is 9.20.